The molecule has 118 valence electrons. The molecular formula is C13H25NO6. The summed E-state index contributed by atoms with van der Waals surface area (Å²) in [6.07, 6.45) is -1.33. The van der Waals surface area contributed by atoms with E-state index in [1.807, 2.05) is 13.8 Å². The molecule has 0 radical (unpaired) electrons. The van der Waals surface area contributed by atoms with Crippen molar-refractivity contribution in [3.63, 3.8) is 0 Å². The molecule has 0 rings (SSSR count). The summed E-state index contributed by atoms with van der Waals surface area (Å²) in [4.78, 5) is 24.1. The second kappa shape index (κ2) is 8.63. The van der Waals surface area contributed by atoms with Gasteiger partial charge in [-0.2, -0.15) is 0 Å². The van der Waals surface area contributed by atoms with Gasteiger partial charge < -0.3 is 23.8 Å². The fourth-order valence-electron chi connectivity index (χ4n) is 0.957. The lowest BCUT2D eigenvalue weighted by atomic mass is 10.2. The molecule has 0 spiro atoms. The fourth-order valence-corrected chi connectivity index (χ4v) is 0.957. The molecule has 0 aromatic carbocycles. The summed E-state index contributed by atoms with van der Waals surface area (Å²) in [7, 11) is 1.56. The quantitative estimate of drug-likeness (QED) is 0.552. The van der Waals surface area contributed by atoms with Crippen LogP contribution in [0.2, 0.25) is 0 Å². The highest BCUT2D eigenvalue weighted by atomic mass is 16.8. The van der Waals surface area contributed by atoms with Crippen LogP contribution in [0.25, 0.3) is 0 Å². The summed E-state index contributed by atoms with van der Waals surface area (Å²) in [5.74, 6) is 0. The molecule has 0 N–H and O–H groups in total. The Morgan fingerprint density at radius 3 is 2.25 bits per heavy atom. The maximum atomic E-state index is 11.6. The molecule has 0 fully saturated rings. The van der Waals surface area contributed by atoms with E-state index >= 15 is 0 Å². The van der Waals surface area contributed by atoms with Crippen molar-refractivity contribution in [2.45, 2.75) is 46.3 Å². The van der Waals surface area contributed by atoms with Gasteiger partial charge in [-0.3, -0.25) is 0 Å². The minimum Gasteiger partial charge on any atom is -0.444 e. The molecule has 0 bridgehead atoms. The summed E-state index contributed by atoms with van der Waals surface area (Å²) in [6, 6.07) is 0. The molecule has 7 heteroatoms. The lowest BCUT2D eigenvalue weighted by molar-refractivity contribution is -0.0671. The Labute approximate surface area is 120 Å². The molecule has 0 atom stereocenters. The number of rotatable bonds is 6. The maximum absolute atomic E-state index is 11.6. The first-order valence-electron chi connectivity index (χ1n) is 6.47. The van der Waals surface area contributed by atoms with Gasteiger partial charge in [0.05, 0.1) is 12.6 Å². The Kier molecular flexibility index (Phi) is 7.98. The molecule has 0 saturated heterocycles. The van der Waals surface area contributed by atoms with Gasteiger partial charge in [-0.25, -0.2) is 9.59 Å². The third kappa shape index (κ3) is 10.4. The third-order valence-electron chi connectivity index (χ3n) is 1.93. The zero-order valence-corrected chi connectivity index (χ0v) is 13.1. The van der Waals surface area contributed by atoms with E-state index in [-0.39, 0.29) is 26.0 Å². The average Bonchev–Trinajstić information content (AvgIpc) is 2.25. The molecule has 0 aliphatic heterocycles. The number of amides is 1. The van der Waals surface area contributed by atoms with Crippen LogP contribution in [0.1, 0.15) is 34.6 Å². The SMILES string of the molecule is CC(C)OCOC(=O)OCCN(C)C(=O)OC(C)(C)C. The summed E-state index contributed by atoms with van der Waals surface area (Å²) in [6.45, 7) is 9.07. The monoisotopic (exact) mass is 291 g/mol. The van der Waals surface area contributed by atoms with E-state index < -0.39 is 17.8 Å². The van der Waals surface area contributed by atoms with Crippen molar-refractivity contribution in [3.05, 3.63) is 0 Å². The molecule has 0 saturated carbocycles. The van der Waals surface area contributed by atoms with Crippen molar-refractivity contribution >= 4 is 12.2 Å². The van der Waals surface area contributed by atoms with Gasteiger partial charge in [0.15, 0.2) is 6.79 Å². The largest absolute Gasteiger partial charge is 0.510 e. The number of hydrogen-bond donors (Lipinski definition) is 0. The van der Waals surface area contributed by atoms with Crippen LogP contribution in [0.4, 0.5) is 9.59 Å². The van der Waals surface area contributed by atoms with E-state index in [2.05, 4.69) is 4.74 Å². The van der Waals surface area contributed by atoms with Crippen LogP contribution < -0.4 is 0 Å². The topological polar surface area (TPSA) is 74.3 Å². The number of ether oxygens (including phenoxy) is 4. The van der Waals surface area contributed by atoms with E-state index in [1.165, 1.54) is 4.90 Å². The summed E-state index contributed by atoms with van der Waals surface area (Å²) >= 11 is 0. The van der Waals surface area contributed by atoms with Gasteiger partial charge in [0.2, 0.25) is 0 Å². The average molecular weight is 291 g/mol. The summed E-state index contributed by atoms with van der Waals surface area (Å²) in [5.41, 5.74) is -0.556. The smallest absolute Gasteiger partial charge is 0.444 e. The van der Waals surface area contributed by atoms with Crippen molar-refractivity contribution in [1.82, 2.24) is 4.90 Å². The predicted molar refractivity (Wildman–Crippen MR) is 72.4 cm³/mol. The van der Waals surface area contributed by atoms with Gasteiger partial charge in [0.25, 0.3) is 0 Å². The van der Waals surface area contributed by atoms with Crippen molar-refractivity contribution < 1.29 is 28.5 Å². The van der Waals surface area contributed by atoms with Crippen molar-refractivity contribution in [1.29, 1.82) is 0 Å². The van der Waals surface area contributed by atoms with Crippen LogP contribution >= 0.6 is 0 Å². The van der Waals surface area contributed by atoms with Gasteiger partial charge in [-0.1, -0.05) is 0 Å². The Hall–Kier alpha value is -1.50. The van der Waals surface area contributed by atoms with E-state index in [0.717, 1.165) is 0 Å². The van der Waals surface area contributed by atoms with Crippen LogP contribution in [0.15, 0.2) is 0 Å². The fraction of sp³-hybridized carbons (Fsp3) is 0.846. The summed E-state index contributed by atoms with van der Waals surface area (Å²) < 4.78 is 19.6. The molecular weight excluding hydrogens is 266 g/mol. The predicted octanol–water partition coefficient (Wildman–Crippen LogP) is 2.39. The van der Waals surface area contributed by atoms with Gasteiger partial charge in [-0.15, -0.1) is 0 Å². The Bertz CT molecular complexity index is 310. The van der Waals surface area contributed by atoms with Crippen LogP contribution in [0, 0.1) is 0 Å². The molecule has 20 heavy (non-hydrogen) atoms. The van der Waals surface area contributed by atoms with Crippen LogP contribution in [0.3, 0.4) is 0 Å². The van der Waals surface area contributed by atoms with Crippen molar-refractivity contribution in [3.8, 4) is 0 Å². The standard InChI is InChI=1S/C13H25NO6/c1-10(2)18-9-19-12(16)17-8-7-14(6)11(15)20-13(3,4)5/h10H,7-9H2,1-6H3. The van der Waals surface area contributed by atoms with Crippen LogP contribution in [-0.2, 0) is 18.9 Å². The Morgan fingerprint density at radius 1 is 1.15 bits per heavy atom. The van der Waals surface area contributed by atoms with Gasteiger partial charge in [0, 0.05) is 7.05 Å². The lowest BCUT2D eigenvalue weighted by Gasteiger charge is -2.24. The van der Waals surface area contributed by atoms with E-state index in [9.17, 15) is 9.59 Å². The first kappa shape index (κ1) is 18.5. The van der Waals surface area contributed by atoms with Crippen molar-refractivity contribution in [2.24, 2.45) is 0 Å². The number of carbonyl (C=O) groups is 2. The molecule has 0 aromatic rings. The molecule has 0 aliphatic carbocycles. The minimum atomic E-state index is -0.830. The maximum Gasteiger partial charge on any atom is 0.510 e. The highest BCUT2D eigenvalue weighted by molar-refractivity contribution is 5.67. The van der Waals surface area contributed by atoms with Crippen molar-refractivity contribution in [2.75, 3.05) is 27.0 Å². The molecule has 0 aromatic heterocycles. The summed E-state index contributed by atoms with van der Waals surface area (Å²) in [5, 5.41) is 0. The molecule has 0 aliphatic rings. The lowest BCUT2D eigenvalue weighted by Crippen LogP contribution is -2.36. The number of carbonyl (C=O) groups excluding carboxylic acids is 2. The first-order chi connectivity index (χ1) is 9.11. The zero-order valence-electron chi connectivity index (χ0n) is 13.1. The Balaban J connectivity index is 3.77. The molecule has 0 unspecified atom stereocenters. The van der Waals surface area contributed by atoms with Gasteiger partial charge in [-0.05, 0) is 34.6 Å². The van der Waals surface area contributed by atoms with Gasteiger partial charge in [0.1, 0.15) is 12.2 Å². The normalized spacial score (nSPS) is 11.2. The van der Waals surface area contributed by atoms with E-state index in [1.54, 1.807) is 27.8 Å². The van der Waals surface area contributed by atoms with Gasteiger partial charge >= 0.3 is 12.2 Å². The highest BCUT2D eigenvalue weighted by Crippen LogP contribution is 2.08. The zero-order chi connectivity index (χ0) is 15.8. The minimum absolute atomic E-state index is 0.0241. The molecule has 7 nitrogen and oxygen atoms in total. The second-order valence-electron chi connectivity index (χ2n) is 5.48. The highest BCUT2D eigenvalue weighted by Gasteiger charge is 2.19. The Morgan fingerprint density at radius 2 is 1.75 bits per heavy atom. The number of nitrogens with zero attached hydrogens (tertiary/aromatic N) is 1. The van der Waals surface area contributed by atoms with E-state index in [4.69, 9.17) is 14.2 Å². The number of likely N-dealkylation sites (N-methyl/N-ethyl adjacent to an activating group) is 1. The van der Waals surface area contributed by atoms with Crippen LogP contribution in [0.5, 0.6) is 0 Å². The number of hydrogen-bond acceptors (Lipinski definition) is 6. The van der Waals surface area contributed by atoms with Crippen LogP contribution in [-0.4, -0.2) is 55.8 Å². The third-order valence-corrected chi connectivity index (χ3v) is 1.93. The first-order valence-corrected chi connectivity index (χ1v) is 6.47. The molecule has 0 heterocycles. The second-order valence-corrected chi connectivity index (χ2v) is 5.48. The van der Waals surface area contributed by atoms with E-state index in [0.29, 0.717) is 0 Å². The molecule has 1 amide bonds.